The maximum absolute atomic E-state index is 7.56. The lowest BCUT2D eigenvalue weighted by molar-refractivity contribution is 0.317. The molecule has 0 unspecified atom stereocenters. The number of amidine groups is 1. The van der Waals surface area contributed by atoms with Crippen molar-refractivity contribution in [3.8, 4) is 17.2 Å². The first-order valence-electron chi connectivity index (χ1n) is 6.65. The molecule has 4 nitrogen and oxygen atoms in total. The third kappa shape index (κ3) is 4.13. The Kier molecular flexibility index (Phi) is 5.06. The van der Waals surface area contributed by atoms with E-state index in [4.69, 9.17) is 32.2 Å². The van der Waals surface area contributed by atoms with Gasteiger partial charge in [0.05, 0.1) is 12.2 Å². The molecule has 2 aromatic carbocycles. The van der Waals surface area contributed by atoms with Crippen LogP contribution in [-0.4, -0.2) is 12.4 Å². The summed E-state index contributed by atoms with van der Waals surface area (Å²) < 4.78 is 11.3. The zero-order chi connectivity index (χ0) is 15.2. The molecule has 2 aromatic rings. The lowest BCUT2D eigenvalue weighted by Gasteiger charge is -2.11. The van der Waals surface area contributed by atoms with Crippen LogP contribution in [0.1, 0.15) is 18.9 Å². The first-order chi connectivity index (χ1) is 10.1. The van der Waals surface area contributed by atoms with Crippen molar-refractivity contribution in [3.63, 3.8) is 0 Å². The second-order valence-corrected chi connectivity index (χ2v) is 4.91. The average molecular weight is 305 g/mol. The van der Waals surface area contributed by atoms with Crippen molar-refractivity contribution in [2.75, 3.05) is 6.61 Å². The predicted octanol–water partition coefficient (Wildman–Crippen LogP) is 4.21. The monoisotopic (exact) mass is 304 g/mol. The summed E-state index contributed by atoms with van der Waals surface area (Å²) in [6.07, 6.45) is 0.961. The van der Waals surface area contributed by atoms with Crippen molar-refractivity contribution in [1.29, 1.82) is 5.41 Å². The number of nitrogens with two attached hydrogens (primary N) is 1. The lowest BCUT2D eigenvalue weighted by Crippen LogP contribution is -2.12. The van der Waals surface area contributed by atoms with Crippen LogP contribution in [0.25, 0.3) is 0 Å². The van der Waals surface area contributed by atoms with E-state index in [0.717, 1.165) is 12.2 Å². The van der Waals surface area contributed by atoms with Gasteiger partial charge in [0.1, 0.15) is 23.1 Å². The molecule has 3 N–H and O–H groups in total. The summed E-state index contributed by atoms with van der Waals surface area (Å²) in [5, 5.41) is 8.08. The van der Waals surface area contributed by atoms with Gasteiger partial charge in [-0.1, -0.05) is 18.5 Å². The van der Waals surface area contributed by atoms with Gasteiger partial charge in [0.2, 0.25) is 0 Å². The van der Waals surface area contributed by atoms with E-state index in [2.05, 4.69) is 6.92 Å². The van der Waals surface area contributed by atoms with Gasteiger partial charge in [0.25, 0.3) is 0 Å². The molecule has 0 aliphatic carbocycles. The highest BCUT2D eigenvalue weighted by Crippen LogP contribution is 2.29. The second-order valence-electron chi connectivity index (χ2n) is 4.48. The SMILES string of the molecule is CCCOc1ccc(Oc2cc(Cl)ccc2C(=N)N)cc1. The minimum absolute atomic E-state index is 0.0652. The quantitative estimate of drug-likeness (QED) is 0.620. The van der Waals surface area contributed by atoms with E-state index in [0.29, 0.717) is 28.7 Å². The van der Waals surface area contributed by atoms with Gasteiger partial charge < -0.3 is 15.2 Å². The fraction of sp³-hybridized carbons (Fsp3) is 0.188. The first-order valence-corrected chi connectivity index (χ1v) is 7.02. The summed E-state index contributed by atoms with van der Waals surface area (Å²) in [7, 11) is 0. The molecule has 21 heavy (non-hydrogen) atoms. The van der Waals surface area contributed by atoms with Crippen LogP contribution >= 0.6 is 11.6 Å². The van der Waals surface area contributed by atoms with Crippen LogP contribution in [-0.2, 0) is 0 Å². The molecule has 0 aromatic heterocycles. The summed E-state index contributed by atoms with van der Waals surface area (Å²) in [5.74, 6) is 1.81. The zero-order valence-electron chi connectivity index (χ0n) is 11.7. The Morgan fingerprint density at radius 2 is 1.81 bits per heavy atom. The van der Waals surface area contributed by atoms with Gasteiger partial charge in [-0.25, -0.2) is 0 Å². The summed E-state index contributed by atoms with van der Waals surface area (Å²) >= 11 is 5.96. The van der Waals surface area contributed by atoms with E-state index in [1.54, 1.807) is 30.3 Å². The molecule has 110 valence electrons. The minimum Gasteiger partial charge on any atom is -0.494 e. The van der Waals surface area contributed by atoms with Crippen LogP contribution in [0.3, 0.4) is 0 Å². The molecular formula is C16H17ClN2O2. The Morgan fingerprint density at radius 1 is 1.14 bits per heavy atom. The Morgan fingerprint density at radius 3 is 2.43 bits per heavy atom. The lowest BCUT2D eigenvalue weighted by atomic mass is 10.2. The van der Waals surface area contributed by atoms with Gasteiger partial charge in [-0.05, 0) is 42.8 Å². The Balaban J connectivity index is 2.18. The number of hydrogen-bond acceptors (Lipinski definition) is 3. The molecule has 0 heterocycles. The van der Waals surface area contributed by atoms with E-state index in [9.17, 15) is 0 Å². The normalized spacial score (nSPS) is 10.2. The van der Waals surface area contributed by atoms with Crippen LogP contribution in [0.2, 0.25) is 5.02 Å². The maximum Gasteiger partial charge on any atom is 0.139 e. The predicted molar refractivity (Wildman–Crippen MR) is 84.8 cm³/mol. The molecule has 2 rings (SSSR count). The number of hydrogen-bond donors (Lipinski definition) is 2. The number of rotatable bonds is 6. The third-order valence-electron chi connectivity index (χ3n) is 2.76. The largest absolute Gasteiger partial charge is 0.494 e. The molecule has 0 aliphatic heterocycles. The van der Waals surface area contributed by atoms with Crippen molar-refractivity contribution in [2.24, 2.45) is 5.73 Å². The van der Waals surface area contributed by atoms with Gasteiger partial charge in [0.15, 0.2) is 0 Å². The van der Waals surface area contributed by atoms with Crippen molar-refractivity contribution in [3.05, 3.63) is 53.1 Å². The van der Waals surface area contributed by atoms with Crippen molar-refractivity contribution in [1.82, 2.24) is 0 Å². The molecule has 0 atom stereocenters. The molecule has 0 fully saturated rings. The molecule has 0 radical (unpaired) electrons. The minimum atomic E-state index is -0.0652. The summed E-state index contributed by atoms with van der Waals surface area (Å²) in [6, 6.07) is 12.3. The number of ether oxygens (including phenoxy) is 2. The van der Waals surface area contributed by atoms with Crippen LogP contribution in [0, 0.1) is 5.41 Å². The number of halogens is 1. The van der Waals surface area contributed by atoms with Gasteiger partial charge in [0, 0.05) is 11.1 Å². The average Bonchev–Trinajstić information content (AvgIpc) is 2.46. The molecule has 0 saturated heterocycles. The number of benzene rings is 2. The van der Waals surface area contributed by atoms with E-state index in [-0.39, 0.29) is 5.84 Å². The van der Waals surface area contributed by atoms with Crippen LogP contribution in [0.4, 0.5) is 0 Å². The van der Waals surface area contributed by atoms with Crippen molar-refractivity contribution in [2.45, 2.75) is 13.3 Å². The fourth-order valence-electron chi connectivity index (χ4n) is 1.75. The molecule has 0 spiro atoms. The third-order valence-corrected chi connectivity index (χ3v) is 2.99. The highest BCUT2D eigenvalue weighted by Gasteiger charge is 2.09. The van der Waals surface area contributed by atoms with E-state index >= 15 is 0 Å². The Labute approximate surface area is 129 Å². The van der Waals surface area contributed by atoms with E-state index in [1.807, 2.05) is 12.1 Å². The summed E-state index contributed by atoms with van der Waals surface area (Å²) in [5.41, 5.74) is 6.04. The highest BCUT2D eigenvalue weighted by molar-refractivity contribution is 6.30. The molecule has 0 aliphatic rings. The fourth-order valence-corrected chi connectivity index (χ4v) is 1.92. The molecular weight excluding hydrogens is 288 g/mol. The first kappa shape index (κ1) is 15.2. The van der Waals surface area contributed by atoms with Crippen LogP contribution in [0.15, 0.2) is 42.5 Å². The number of nitrogen functional groups attached to an aromatic ring is 1. The van der Waals surface area contributed by atoms with Gasteiger partial charge in [-0.2, -0.15) is 0 Å². The molecule has 5 heteroatoms. The highest BCUT2D eigenvalue weighted by atomic mass is 35.5. The van der Waals surface area contributed by atoms with Gasteiger partial charge in [-0.3, -0.25) is 5.41 Å². The van der Waals surface area contributed by atoms with Crippen molar-refractivity contribution < 1.29 is 9.47 Å². The topological polar surface area (TPSA) is 68.3 Å². The molecule has 0 amide bonds. The molecule has 0 saturated carbocycles. The van der Waals surface area contributed by atoms with Gasteiger partial charge >= 0.3 is 0 Å². The van der Waals surface area contributed by atoms with Crippen molar-refractivity contribution >= 4 is 17.4 Å². The molecule has 0 bridgehead atoms. The zero-order valence-corrected chi connectivity index (χ0v) is 12.5. The van der Waals surface area contributed by atoms with E-state index in [1.165, 1.54) is 0 Å². The smallest absolute Gasteiger partial charge is 0.139 e. The second kappa shape index (κ2) is 6.99. The summed E-state index contributed by atoms with van der Waals surface area (Å²) in [6.45, 7) is 2.74. The van der Waals surface area contributed by atoms with Crippen LogP contribution in [0.5, 0.6) is 17.2 Å². The maximum atomic E-state index is 7.56. The Bertz CT molecular complexity index is 627. The number of nitrogens with one attached hydrogen (secondary N) is 1. The van der Waals surface area contributed by atoms with Gasteiger partial charge in [-0.15, -0.1) is 0 Å². The summed E-state index contributed by atoms with van der Waals surface area (Å²) in [4.78, 5) is 0. The van der Waals surface area contributed by atoms with E-state index < -0.39 is 0 Å². The van der Waals surface area contributed by atoms with Crippen LogP contribution < -0.4 is 15.2 Å². The standard InChI is InChI=1S/C16H17ClN2O2/c1-2-9-20-12-4-6-13(7-5-12)21-15-10-11(17)3-8-14(15)16(18)19/h3-8,10H,2,9H2,1H3,(H3,18,19). The Hall–Kier alpha value is -2.20.